The van der Waals surface area contributed by atoms with Crippen molar-refractivity contribution in [3.63, 3.8) is 0 Å². The smallest absolute Gasteiger partial charge is 0.323 e. The zero-order valence-corrected chi connectivity index (χ0v) is 10.7. The van der Waals surface area contributed by atoms with Gasteiger partial charge in [-0.2, -0.15) is 5.10 Å². The van der Waals surface area contributed by atoms with E-state index < -0.39 is 0 Å². The van der Waals surface area contributed by atoms with E-state index in [1.54, 1.807) is 0 Å². The van der Waals surface area contributed by atoms with E-state index in [9.17, 15) is 4.79 Å². The normalized spacial score (nSPS) is 31.2. The first-order valence-corrected chi connectivity index (χ1v) is 6.48. The van der Waals surface area contributed by atoms with Crippen molar-refractivity contribution in [2.75, 3.05) is 0 Å². The van der Waals surface area contributed by atoms with Gasteiger partial charge in [0.05, 0.1) is 6.54 Å². The quantitative estimate of drug-likeness (QED) is 0.759. The molecule has 2 aliphatic heterocycles. The van der Waals surface area contributed by atoms with Crippen LogP contribution in [-0.2, 0) is 22.5 Å². The minimum atomic E-state index is -0.156. The van der Waals surface area contributed by atoms with Gasteiger partial charge in [-0.05, 0) is 20.3 Å². The van der Waals surface area contributed by atoms with Crippen molar-refractivity contribution in [1.29, 1.82) is 0 Å². The van der Waals surface area contributed by atoms with Gasteiger partial charge >= 0.3 is 5.97 Å². The molecular formula is C12H18N4O2. The number of aryl methyl sites for hydroxylation is 2. The molecule has 1 fully saturated rings. The van der Waals surface area contributed by atoms with Crippen LogP contribution in [0.15, 0.2) is 0 Å². The maximum Gasteiger partial charge on any atom is 0.323 e. The van der Waals surface area contributed by atoms with Gasteiger partial charge < -0.3 is 4.74 Å². The fourth-order valence-electron chi connectivity index (χ4n) is 2.75. The average Bonchev–Trinajstić information content (AvgIpc) is 2.80. The molecule has 3 rings (SSSR count). The molecule has 2 aliphatic rings. The van der Waals surface area contributed by atoms with Gasteiger partial charge in [-0.25, -0.2) is 9.67 Å². The van der Waals surface area contributed by atoms with Crippen LogP contribution >= 0.6 is 0 Å². The van der Waals surface area contributed by atoms with Crippen molar-refractivity contribution in [3.8, 4) is 0 Å². The third-order valence-corrected chi connectivity index (χ3v) is 3.57. The number of hydrogen-bond acceptors (Lipinski definition) is 5. The number of hydrogen-bond donors (Lipinski definition) is 1. The molecule has 1 aromatic rings. The van der Waals surface area contributed by atoms with E-state index in [0.717, 1.165) is 37.5 Å². The highest BCUT2D eigenvalue weighted by atomic mass is 16.6. The Morgan fingerprint density at radius 1 is 1.50 bits per heavy atom. The van der Waals surface area contributed by atoms with E-state index in [0.29, 0.717) is 0 Å². The Morgan fingerprint density at radius 2 is 2.33 bits per heavy atom. The summed E-state index contributed by atoms with van der Waals surface area (Å²) in [6.45, 7) is 4.62. The number of ether oxygens (including phenoxy) is 1. The number of cyclic esters (lactones) is 1. The van der Waals surface area contributed by atoms with Gasteiger partial charge in [-0.15, -0.1) is 0 Å². The average molecular weight is 250 g/mol. The molecule has 18 heavy (non-hydrogen) atoms. The highest BCUT2D eigenvalue weighted by Crippen LogP contribution is 2.18. The highest BCUT2D eigenvalue weighted by molar-refractivity contribution is 5.77. The largest absolute Gasteiger partial charge is 0.461 e. The molecule has 1 aromatic heterocycles. The van der Waals surface area contributed by atoms with Crippen LogP contribution in [-0.4, -0.2) is 38.9 Å². The van der Waals surface area contributed by atoms with Crippen LogP contribution < -0.4 is 5.32 Å². The Morgan fingerprint density at radius 3 is 3.06 bits per heavy atom. The Hall–Kier alpha value is -1.43. The SMILES string of the molecule is Cc1nc2n(n1)C[C@H](N[C@@H]1C[C@@H](C)OC1=O)CC2. The van der Waals surface area contributed by atoms with Crippen molar-refractivity contribution in [2.24, 2.45) is 0 Å². The predicted molar refractivity (Wildman–Crippen MR) is 64.0 cm³/mol. The van der Waals surface area contributed by atoms with Crippen LogP contribution in [0.3, 0.4) is 0 Å². The van der Waals surface area contributed by atoms with E-state index in [1.165, 1.54) is 0 Å². The second-order valence-electron chi connectivity index (χ2n) is 5.20. The van der Waals surface area contributed by atoms with Crippen molar-refractivity contribution >= 4 is 5.97 Å². The van der Waals surface area contributed by atoms with E-state index in [2.05, 4.69) is 15.4 Å². The molecule has 0 radical (unpaired) electrons. The minimum absolute atomic E-state index is 0.0303. The minimum Gasteiger partial charge on any atom is -0.461 e. The summed E-state index contributed by atoms with van der Waals surface area (Å²) in [6, 6.07) is 0.123. The van der Waals surface area contributed by atoms with Crippen LogP contribution in [0.2, 0.25) is 0 Å². The van der Waals surface area contributed by atoms with E-state index >= 15 is 0 Å². The van der Waals surface area contributed by atoms with Crippen LogP contribution in [0.25, 0.3) is 0 Å². The fourth-order valence-corrected chi connectivity index (χ4v) is 2.75. The van der Waals surface area contributed by atoms with Gasteiger partial charge in [0.2, 0.25) is 0 Å². The first-order chi connectivity index (χ1) is 8.61. The molecule has 6 nitrogen and oxygen atoms in total. The Bertz CT molecular complexity index is 471. The van der Waals surface area contributed by atoms with Crippen LogP contribution in [0.4, 0.5) is 0 Å². The Labute approximate surface area is 106 Å². The van der Waals surface area contributed by atoms with E-state index in [1.807, 2.05) is 18.5 Å². The van der Waals surface area contributed by atoms with Crippen LogP contribution in [0.1, 0.15) is 31.4 Å². The summed E-state index contributed by atoms with van der Waals surface area (Å²) in [5.41, 5.74) is 0. The number of nitrogens with zero attached hydrogens (tertiary/aromatic N) is 3. The Kier molecular flexibility index (Phi) is 2.81. The maximum absolute atomic E-state index is 11.6. The summed E-state index contributed by atoms with van der Waals surface area (Å²) >= 11 is 0. The zero-order chi connectivity index (χ0) is 12.7. The Balaban J connectivity index is 1.64. The molecule has 1 saturated heterocycles. The lowest BCUT2D eigenvalue weighted by atomic mass is 10.1. The van der Waals surface area contributed by atoms with Crippen LogP contribution in [0.5, 0.6) is 0 Å². The lowest BCUT2D eigenvalue weighted by molar-refractivity contribution is -0.142. The molecule has 3 atom stereocenters. The van der Waals surface area contributed by atoms with Crippen molar-refractivity contribution in [1.82, 2.24) is 20.1 Å². The third-order valence-electron chi connectivity index (χ3n) is 3.57. The maximum atomic E-state index is 11.6. The summed E-state index contributed by atoms with van der Waals surface area (Å²) in [5.74, 6) is 1.75. The fraction of sp³-hybridized carbons (Fsp3) is 0.750. The number of carbonyl (C=O) groups is 1. The van der Waals surface area contributed by atoms with E-state index in [-0.39, 0.29) is 24.2 Å². The van der Waals surface area contributed by atoms with Gasteiger partial charge in [0.25, 0.3) is 0 Å². The number of aromatic nitrogens is 3. The molecule has 0 amide bonds. The second kappa shape index (κ2) is 4.35. The summed E-state index contributed by atoms with van der Waals surface area (Å²) in [7, 11) is 0. The van der Waals surface area contributed by atoms with E-state index in [4.69, 9.17) is 4.74 Å². The molecule has 6 heteroatoms. The molecule has 0 unspecified atom stereocenters. The molecule has 0 spiro atoms. The van der Waals surface area contributed by atoms with Crippen molar-refractivity contribution in [2.45, 2.75) is 57.8 Å². The lowest BCUT2D eigenvalue weighted by Crippen LogP contribution is -2.45. The molecule has 0 bridgehead atoms. The predicted octanol–water partition coefficient (Wildman–Crippen LogP) is 0.195. The summed E-state index contributed by atoms with van der Waals surface area (Å²) in [4.78, 5) is 16.0. The lowest BCUT2D eigenvalue weighted by Gasteiger charge is -2.25. The second-order valence-corrected chi connectivity index (χ2v) is 5.20. The molecule has 0 aromatic carbocycles. The van der Waals surface area contributed by atoms with Gasteiger partial charge in [0.15, 0.2) is 0 Å². The summed E-state index contributed by atoms with van der Waals surface area (Å²) in [6.07, 6.45) is 2.70. The zero-order valence-electron chi connectivity index (χ0n) is 10.7. The molecule has 3 heterocycles. The van der Waals surface area contributed by atoms with Gasteiger partial charge in [-0.1, -0.05) is 0 Å². The molecule has 0 saturated carbocycles. The molecule has 1 N–H and O–H groups in total. The van der Waals surface area contributed by atoms with Gasteiger partial charge in [0.1, 0.15) is 23.8 Å². The third kappa shape index (κ3) is 2.12. The van der Waals surface area contributed by atoms with Crippen LogP contribution in [0, 0.1) is 6.92 Å². The highest BCUT2D eigenvalue weighted by Gasteiger charge is 2.34. The number of carbonyl (C=O) groups excluding carboxylic acids is 1. The molecule has 98 valence electrons. The number of nitrogens with one attached hydrogen (secondary N) is 1. The summed E-state index contributed by atoms with van der Waals surface area (Å²) < 4.78 is 7.10. The molecule has 0 aliphatic carbocycles. The number of fused-ring (bicyclic) bond motifs is 1. The summed E-state index contributed by atoms with van der Waals surface area (Å²) in [5, 5.41) is 7.74. The van der Waals surface area contributed by atoms with Crippen molar-refractivity contribution < 1.29 is 9.53 Å². The topological polar surface area (TPSA) is 69.0 Å². The van der Waals surface area contributed by atoms with Gasteiger partial charge in [0, 0.05) is 18.9 Å². The standard InChI is InChI=1S/C12H18N4O2/c1-7-5-10(12(17)18-7)14-9-3-4-11-13-8(2)15-16(11)6-9/h7,9-10,14H,3-6H2,1-2H3/t7-,9-,10-/m1/s1. The van der Waals surface area contributed by atoms with Gasteiger partial charge in [-0.3, -0.25) is 10.1 Å². The van der Waals surface area contributed by atoms with Crippen molar-refractivity contribution in [3.05, 3.63) is 11.6 Å². The first-order valence-electron chi connectivity index (χ1n) is 6.48. The number of esters is 1. The first kappa shape index (κ1) is 11.6. The monoisotopic (exact) mass is 250 g/mol. The number of rotatable bonds is 2. The molecular weight excluding hydrogens is 232 g/mol.